The van der Waals surface area contributed by atoms with Gasteiger partial charge in [0.2, 0.25) is 0 Å². The van der Waals surface area contributed by atoms with Gasteiger partial charge in [0.15, 0.2) is 0 Å². The highest BCUT2D eigenvalue weighted by Gasteiger charge is 2.23. The number of hydrogen-bond donors (Lipinski definition) is 2. The molecule has 0 spiro atoms. The molecule has 0 aliphatic rings. The second-order valence-electron chi connectivity index (χ2n) is 9.31. The predicted molar refractivity (Wildman–Crippen MR) is 148 cm³/mol. The van der Waals surface area contributed by atoms with E-state index in [-0.39, 0.29) is 12.0 Å². The quantitative estimate of drug-likeness (QED) is 0.249. The normalized spacial score (nSPS) is 12.7. The molecule has 1 unspecified atom stereocenters. The van der Waals surface area contributed by atoms with E-state index >= 15 is 0 Å². The molecule has 6 nitrogen and oxygen atoms in total. The van der Waals surface area contributed by atoms with E-state index < -0.39 is 18.0 Å². The Hall–Kier alpha value is -3.97. The van der Waals surface area contributed by atoms with Crippen LogP contribution in [0.15, 0.2) is 78.9 Å². The summed E-state index contributed by atoms with van der Waals surface area (Å²) in [6, 6.07) is 25.3. The number of aryl methyl sites for hydroxylation is 1. The van der Waals surface area contributed by atoms with Crippen molar-refractivity contribution in [2.75, 3.05) is 5.32 Å². The molecule has 0 bridgehead atoms. The lowest BCUT2D eigenvalue weighted by molar-refractivity contribution is -0.139. The first-order valence-electron chi connectivity index (χ1n) is 12.2. The molecule has 2 N–H and O–H groups in total. The summed E-state index contributed by atoms with van der Waals surface area (Å²) >= 11 is 1.32. The van der Waals surface area contributed by atoms with Gasteiger partial charge in [-0.1, -0.05) is 92.7 Å². The molecule has 7 heteroatoms. The summed E-state index contributed by atoms with van der Waals surface area (Å²) < 4.78 is 10.0. The Morgan fingerprint density at radius 1 is 0.838 bits per heavy atom. The fraction of sp³-hybridized carbons (Fsp3) is 0.233. The highest BCUT2D eigenvalue weighted by atomic mass is 32.1. The van der Waals surface area contributed by atoms with Gasteiger partial charge in [0.1, 0.15) is 6.10 Å². The number of carbonyl (C=O) groups is 2. The van der Waals surface area contributed by atoms with Crippen LogP contribution in [0.4, 0.5) is 10.5 Å². The number of hydrogen-bond acceptors (Lipinski definition) is 5. The maximum atomic E-state index is 12.6. The number of carboxylic acids is 1. The van der Waals surface area contributed by atoms with Crippen molar-refractivity contribution in [3.8, 4) is 21.6 Å². The summed E-state index contributed by atoms with van der Waals surface area (Å²) in [5.41, 5.74) is 6.03. The van der Waals surface area contributed by atoms with E-state index in [1.165, 1.54) is 11.5 Å². The number of ether oxygens (including phenoxy) is 1. The first-order valence-corrected chi connectivity index (χ1v) is 12.9. The average Bonchev–Trinajstić information content (AvgIpc) is 3.24. The van der Waals surface area contributed by atoms with Crippen molar-refractivity contribution < 1.29 is 19.4 Å². The number of aromatic nitrogens is 1. The molecular weight excluding hydrogens is 484 g/mol. The van der Waals surface area contributed by atoms with Gasteiger partial charge in [-0.2, -0.15) is 4.37 Å². The van der Waals surface area contributed by atoms with Crippen molar-refractivity contribution in [2.24, 2.45) is 5.92 Å². The number of nitrogens with one attached hydrogen (secondary N) is 1. The largest absolute Gasteiger partial charge is 0.481 e. The standard InChI is InChI=1S/C30H30N2O4S/c1-18(2)26(29(33)34)24-14-10-22(11-15-24)23-12-16-25(17-13-23)28-27(19(3)32-37-28)31-30(35)36-20(4)21-8-6-5-7-9-21/h5-18,20,26H,1-4H3,(H,31,35)(H,33,34)/t20-,26?/m1/s1. The smallest absolute Gasteiger partial charge is 0.412 e. The van der Waals surface area contributed by atoms with Gasteiger partial charge in [0.25, 0.3) is 0 Å². The van der Waals surface area contributed by atoms with Crippen LogP contribution in [-0.4, -0.2) is 21.5 Å². The van der Waals surface area contributed by atoms with Crippen molar-refractivity contribution in [3.05, 3.63) is 95.7 Å². The number of amides is 1. The number of carbonyl (C=O) groups excluding carboxylic acids is 1. The van der Waals surface area contributed by atoms with Crippen LogP contribution in [-0.2, 0) is 9.53 Å². The highest BCUT2D eigenvalue weighted by molar-refractivity contribution is 7.10. The van der Waals surface area contributed by atoms with Crippen LogP contribution in [0, 0.1) is 12.8 Å². The topological polar surface area (TPSA) is 88.5 Å². The summed E-state index contributed by atoms with van der Waals surface area (Å²) in [4.78, 5) is 25.1. The van der Waals surface area contributed by atoms with Crippen LogP contribution >= 0.6 is 11.5 Å². The monoisotopic (exact) mass is 514 g/mol. The summed E-state index contributed by atoms with van der Waals surface area (Å²) in [6.07, 6.45) is -0.910. The Kier molecular flexibility index (Phi) is 8.04. The Morgan fingerprint density at radius 2 is 1.41 bits per heavy atom. The third kappa shape index (κ3) is 6.06. The summed E-state index contributed by atoms with van der Waals surface area (Å²) in [7, 11) is 0. The average molecular weight is 515 g/mol. The van der Waals surface area contributed by atoms with Crippen molar-refractivity contribution in [1.82, 2.24) is 4.37 Å². The van der Waals surface area contributed by atoms with E-state index in [1.54, 1.807) is 0 Å². The fourth-order valence-corrected chi connectivity index (χ4v) is 5.16. The molecule has 0 aliphatic heterocycles. The van der Waals surface area contributed by atoms with Gasteiger partial charge < -0.3 is 9.84 Å². The van der Waals surface area contributed by atoms with Crippen molar-refractivity contribution in [3.63, 3.8) is 0 Å². The van der Waals surface area contributed by atoms with Gasteiger partial charge in [0.05, 0.1) is 22.2 Å². The Labute approximate surface area is 221 Å². The van der Waals surface area contributed by atoms with Gasteiger partial charge in [-0.3, -0.25) is 10.1 Å². The molecule has 2 atom stereocenters. The Morgan fingerprint density at radius 3 is 1.97 bits per heavy atom. The predicted octanol–water partition coefficient (Wildman–Crippen LogP) is 7.92. The second-order valence-corrected chi connectivity index (χ2v) is 10.1. The Balaban J connectivity index is 1.49. The van der Waals surface area contributed by atoms with Crippen molar-refractivity contribution >= 4 is 29.3 Å². The number of anilines is 1. The third-order valence-corrected chi connectivity index (χ3v) is 7.31. The van der Waals surface area contributed by atoms with Gasteiger partial charge in [-0.25, -0.2) is 4.79 Å². The zero-order valence-electron chi connectivity index (χ0n) is 21.3. The lowest BCUT2D eigenvalue weighted by Gasteiger charge is -2.17. The molecule has 1 amide bonds. The summed E-state index contributed by atoms with van der Waals surface area (Å²) in [5, 5.41) is 12.4. The maximum absolute atomic E-state index is 12.6. The van der Waals surface area contributed by atoms with Gasteiger partial charge in [-0.05, 0) is 59.1 Å². The number of carboxylic acid groups (broad SMARTS) is 1. The van der Waals surface area contributed by atoms with E-state index in [0.717, 1.165) is 38.4 Å². The van der Waals surface area contributed by atoms with Crippen molar-refractivity contribution in [2.45, 2.75) is 39.7 Å². The highest BCUT2D eigenvalue weighted by Crippen LogP contribution is 2.36. The Bertz CT molecular complexity index is 1360. The van der Waals surface area contributed by atoms with E-state index in [4.69, 9.17) is 4.74 Å². The number of benzene rings is 3. The SMILES string of the molecule is Cc1nsc(-c2ccc(-c3ccc(C(C(=O)O)C(C)C)cc3)cc2)c1NC(=O)O[C@H](C)c1ccccc1. The van der Waals surface area contributed by atoms with E-state index in [2.05, 4.69) is 9.69 Å². The molecule has 37 heavy (non-hydrogen) atoms. The molecule has 0 saturated carbocycles. The molecule has 4 aromatic rings. The molecule has 0 saturated heterocycles. The molecule has 0 aliphatic carbocycles. The molecular formula is C30H30N2O4S. The fourth-order valence-electron chi connectivity index (χ4n) is 4.31. The zero-order valence-corrected chi connectivity index (χ0v) is 22.1. The van der Waals surface area contributed by atoms with E-state index in [1.807, 2.05) is 107 Å². The minimum absolute atomic E-state index is 0.00660. The molecule has 0 fully saturated rings. The molecule has 1 heterocycles. The number of aliphatic carboxylic acids is 1. The summed E-state index contributed by atoms with van der Waals surface area (Å²) in [5.74, 6) is -1.33. The minimum Gasteiger partial charge on any atom is -0.481 e. The van der Waals surface area contributed by atoms with Crippen LogP contribution < -0.4 is 5.32 Å². The first-order chi connectivity index (χ1) is 17.7. The first kappa shape index (κ1) is 26.1. The van der Waals surface area contributed by atoms with Crippen molar-refractivity contribution in [1.29, 1.82) is 0 Å². The third-order valence-electron chi connectivity index (χ3n) is 6.33. The second kappa shape index (κ2) is 11.4. The lowest BCUT2D eigenvalue weighted by Crippen LogP contribution is -2.17. The van der Waals surface area contributed by atoms with Gasteiger partial charge in [0, 0.05) is 0 Å². The van der Waals surface area contributed by atoms with Gasteiger partial charge >= 0.3 is 12.1 Å². The number of rotatable bonds is 8. The van der Waals surface area contributed by atoms with Crippen LogP contribution in [0.5, 0.6) is 0 Å². The minimum atomic E-state index is -0.810. The van der Waals surface area contributed by atoms with Crippen LogP contribution in [0.2, 0.25) is 0 Å². The van der Waals surface area contributed by atoms with Gasteiger partial charge in [-0.15, -0.1) is 0 Å². The maximum Gasteiger partial charge on any atom is 0.412 e. The number of nitrogens with zero attached hydrogens (tertiary/aromatic N) is 1. The molecule has 190 valence electrons. The van der Waals surface area contributed by atoms with Crippen LogP contribution in [0.1, 0.15) is 49.6 Å². The van der Waals surface area contributed by atoms with E-state index in [9.17, 15) is 14.7 Å². The van der Waals surface area contributed by atoms with Crippen LogP contribution in [0.25, 0.3) is 21.6 Å². The van der Waals surface area contributed by atoms with Crippen LogP contribution in [0.3, 0.4) is 0 Å². The summed E-state index contributed by atoms with van der Waals surface area (Å²) in [6.45, 7) is 7.52. The molecule has 0 radical (unpaired) electrons. The zero-order chi connectivity index (χ0) is 26.5. The molecule has 1 aromatic heterocycles. The molecule has 4 rings (SSSR count). The van der Waals surface area contributed by atoms with E-state index in [0.29, 0.717) is 5.69 Å². The lowest BCUT2D eigenvalue weighted by atomic mass is 9.87. The molecule has 3 aromatic carbocycles.